The molecule has 0 aliphatic carbocycles. The van der Waals surface area contributed by atoms with E-state index in [-0.39, 0.29) is 17.5 Å². The zero-order valence-corrected chi connectivity index (χ0v) is 11.7. The number of nitrogen functional groups attached to an aromatic ring is 1. The number of likely N-dealkylation sites (N-methyl/N-ethyl adjacent to an activating group) is 1. The van der Waals surface area contributed by atoms with Crippen LogP contribution in [0, 0.1) is 11.6 Å². The third-order valence-corrected chi connectivity index (χ3v) is 3.63. The number of nitrogens with zero attached hydrogens (tertiary/aromatic N) is 2. The van der Waals surface area contributed by atoms with Crippen LogP contribution in [0.4, 0.5) is 14.5 Å². The molecule has 0 bridgehead atoms. The van der Waals surface area contributed by atoms with Gasteiger partial charge in [0.1, 0.15) is 17.3 Å². The van der Waals surface area contributed by atoms with E-state index < -0.39 is 17.3 Å². The molecular weight excluding hydrogens is 264 g/mol. The van der Waals surface area contributed by atoms with E-state index in [0.717, 1.165) is 31.6 Å². The summed E-state index contributed by atoms with van der Waals surface area (Å²) in [5.41, 5.74) is 4.67. The van der Waals surface area contributed by atoms with Crippen LogP contribution in [0.15, 0.2) is 12.1 Å². The molecule has 1 unspecified atom stereocenters. The lowest BCUT2D eigenvalue weighted by molar-refractivity contribution is 0.0695. The van der Waals surface area contributed by atoms with Crippen LogP contribution in [0.2, 0.25) is 0 Å². The van der Waals surface area contributed by atoms with Gasteiger partial charge in [0.15, 0.2) is 0 Å². The molecule has 110 valence electrons. The second-order valence-electron chi connectivity index (χ2n) is 5.32. The Labute approximate surface area is 117 Å². The number of benzene rings is 1. The van der Waals surface area contributed by atoms with E-state index in [2.05, 4.69) is 4.90 Å². The summed E-state index contributed by atoms with van der Waals surface area (Å²) in [5.74, 6) is -2.15. The van der Waals surface area contributed by atoms with Gasteiger partial charge in [0.25, 0.3) is 5.91 Å². The largest absolute Gasteiger partial charge is 0.394 e. The van der Waals surface area contributed by atoms with E-state index in [9.17, 15) is 13.6 Å². The Morgan fingerprint density at radius 2 is 1.90 bits per heavy atom. The highest BCUT2D eigenvalue weighted by atomic mass is 19.1. The number of carbonyl (C=O) groups excluding carboxylic acids is 1. The molecule has 1 amide bonds. The molecule has 2 N–H and O–H groups in total. The lowest BCUT2D eigenvalue weighted by Gasteiger charge is -2.28. The Morgan fingerprint density at radius 1 is 1.30 bits per heavy atom. The summed E-state index contributed by atoms with van der Waals surface area (Å²) >= 11 is 0. The first-order chi connectivity index (χ1) is 9.40. The number of anilines is 1. The summed E-state index contributed by atoms with van der Waals surface area (Å²) in [6.07, 6.45) is 0.840. The molecule has 1 atom stereocenters. The van der Waals surface area contributed by atoms with Crippen molar-refractivity contribution >= 4 is 11.6 Å². The third kappa shape index (κ3) is 2.90. The van der Waals surface area contributed by atoms with Crippen LogP contribution in [-0.2, 0) is 0 Å². The molecule has 2 rings (SSSR count). The molecule has 1 aliphatic rings. The van der Waals surface area contributed by atoms with Gasteiger partial charge < -0.3 is 15.5 Å². The van der Waals surface area contributed by atoms with Gasteiger partial charge in [-0.05, 0) is 39.1 Å². The van der Waals surface area contributed by atoms with Gasteiger partial charge in [-0.2, -0.15) is 0 Å². The maximum absolute atomic E-state index is 13.5. The Hall–Kier alpha value is -1.69. The highest BCUT2D eigenvalue weighted by Gasteiger charge is 2.26. The van der Waals surface area contributed by atoms with Crippen molar-refractivity contribution < 1.29 is 13.6 Å². The fourth-order valence-corrected chi connectivity index (χ4v) is 2.55. The first-order valence-corrected chi connectivity index (χ1v) is 6.64. The van der Waals surface area contributed by atoms with Crippen molar-refractivity contribution in [2.45, 2.75) is 19.4 Å². The van der Waals surface area contributed by atoms with Gasteiger partial charge in [-0.25, -0.2) is 8.78 Å². The van der Waals surface area contributed by atoms with E-state index in [4.69, 9.17) is 5.73 Å². The predicted octanol–water partition coefficient (Wildman–Crippen LogP) is 1.71. The molecule has 4 nitrogen and oxygen atoms in total. The minimum absolute atomic E-state index is 0.00123. The topological polar surface area (TPSA) is 49.6 Å². The van der Waals surface area contributed by atoms with E-state index in [1.54, 1.807) is 4.90 Å². The van der Waals surface area contributed by atoms with Crippen molar-refractivity contribution in [2.24, 2.45) is 0 Å². The lowest BCUT2D eigenvalue weighted by atomic mass is 10.1. The molecule has 1 aliphatic heterocycles. The molecule has 1 fully saturated rings. The quantitative estimate of drug-likeness (QED) is 0.798. The maximum atomic E-state index is 13.5. The summed E-state index contributed by atoms with van der Waals surface area (Å²) in [6.45, 7) is 4.16. The van der Waals surface area contributed by atoms with Gasteiger partial charge in [-0.1, -0.05) is 0 Å². The molecular formula is C14H19F2N3O. The van der Waals surface area contributed by atoms with Crippen molar-refractivity contribution in [2.75, 3.05) is 32.4 Å². The Kier molecular flexibility index (Phi) is 4.23. The first kappa shape index (κ1) is 14.7. The summed E-state index contributed by atoms with van der Waals surface area (Å²) in [6, 6.07) is 2.00. The maximum Gasteiger partial charge on any atom is 0.254 e. The van der Waals surface area contributed by atoms with Crippen LogP contribution in [0.5, 0.6) is 0 Å². The fraction of sp³-hybridized carbons (Fsp3) is 0.500. The van der Waals surface area contributed by atoms with Crippen LogP contribution in [0.3, 0.4) is 0 Å². The van der Waals surface area contributed by atoms with Crippen LogP contribution in [0.25, 0.3) is 0 Å². The molecule has 1 heterocycles. The van der Waals surface area contributed by atoms with Gasteiger partial charge in [0.2, 0.25) is 0 Å². The number of halogens is 2. The number of amides is 1. The first-order valence-electron chi connectivity index (χ1n) is 6.64. The molecule has 1 saturated heterocycles. The zero-order chi connectivity index (χ0) is 14.9. The van der Waals surface area contributed by atoms with Gasteiger partial charge in [0.05, 0.1) is 0 Å². The molecule has 1 aromatic carbocycles. The van der Waals surface area contributed by atoms with Crippen molar-refractivity contribution in [3.63, 3.8) is 0 Å². The average molecular weight is 283 g/mol. The van der Waals surface area contributed by atoms with Gasteiger partial charge in [-0.3, -0.25) is 4.79 Å². The smallest absolute Gasteiger partial charge is 0.254 e. The number of hydrogen-bond donors (Lipinski definition) is 1. The van der Waals surface area contributed by atoms with Gasteiger partial charge in [0, 0.05) is 24.7 Å². The van der Waals surface area contributed by atoms with Crippen molar-refractivity contribution in [3.8, 4) is 0 Å². The molecule has 1 aromatic rings. The second kappa shape index (κ2) is 5.75. The molecule has 20 heavy (non-hydrogen) atoms. The molecule has 6 heteroatoms. The van der Waals surface area contributed by atoms with Gasteiger partial charge >= 0.3 is 0 Å². The lowest BCUT2D eigenvalue weighted by Crippen LogP contribution is -2.42. The molecule has 0 saturated carbocycles. The third-order valence-electron chi connectivity index (χ3n) is 3.63. The number of hydrogen-bond acceptors (Lipinski definition) is 3. The summed E-state index contributed by atoms with van der Waals surface area (Å²) < 4.78 is 26.9. The van der Waals surface area contributed by atoms with Crippen molar-refractivity contribution in [1.29, 1.82) is 0 Å². The monoisotopic (exact) mass is 283 g/mol. The van der Waals surface area contributed by atoms with Crippen LogP contribution < -0.4 is 5.73 Å². The van der Waals surface area contributed by atoms with Crippen LogP contribution in [-0.4, -0.2) is 48.4 Å². The van der Waals surface area contributed by atoms with Crippen molar-refractivity contribution in [3.05, 3.63) is 29.3 Å². The Bertz CT molecular complexity index is 498. The minimum Gasteiger partial charge on any atom is -0.394 e. The van der Waals surface area contributed by atoms with E-state index in [1.807, 2.05) is 14.0 Å². The van der Waals surface area contributed by atoms with E-state index >= 15 is 0 Å². The predicted molar refractivity (Wildman–Crippen MR) is 73.4 cm³/mol. The number of carbonyl (C=O) groups is 1. The summed E-state index contributed by atoms with van der Waals surface area (Å²) in [5, 5.41) is 0. The summed E-state index contributed by atoms with van der Waals surface area (Å²) in [7, 11) is 1.99. The SMILES string of the molecule is CC1CN(C)CCCN1C(=O)c1cc(F)c(N)c(F)c1. The minimum atomic E-state index is -0.895. The van der Waals surface area contributed by atoms with Crippen molar-refractivity contribution in [1.82, 2.24) is 9.80 Å². The Morgan fingerprint density at radius 3 is 2.50 bits per heavy atom. The highest BCUT2D eigenvalue weighted by molar-refractivity contribution is 5.94. The number of nitrogens with two attached hydrogens (primary N) is 1. The van der Waals surface area contributed by atoms with Crippen LogP contribution >= 0.6 is 0 Å². The van der Waals surface area contributed by atoms with Gasteiger partial charge in [-0.15, -0.1) is 0 Å². The normalized spacial score (nSPS) is 20.8. The number of rotatable bonds is 1. The highest BCUT2D eigenvalue weighted by Crippen LogP contribution is 2.20. The Balaban J connectivity index is 2.26. The fourth-order valence-electron chi connectivity index (χ4n) is 2.55. The second-order valence-corrected chi connectivity index (χ2v) is 5.32. The van der Waals surface area contributed by atoms with E-state index in [1.165, 1.54) is 0 Å². The summed E-state index contributed by atoms with van der Waals surface area (Å²) in [4.78, 5) is 16.2. The zero-order valence-electron chi connectivity index (χ0n) is 11.7. The average Bonchev–Trinajstić information content (AvgIpc) is 2.55. The van der Waals surface area contributed by atoms with Crippen LogP contribution in [0.1, 0.15) is 23.7 Å². The molecule has 0 radical (unpaired) electrons. The molecule has 0 aromatic heterocycles. The standard InChI is InChI=1S/C14H19F2N3O/c1-9-8-18(2)4-3-5-19(9)14(20)10-6-11(15)13(17)12(16)7-10/h6-7,9H,3-5,8,17H2,1-2H3. The molecule has 0 spiro atoms. The van der Waals surface area contributed by atoms with E-state index in [0.29, 0.717) is 6.54 Å².